The van der Waals surface area contributed by atoms with Crippen molar-refractivity contribution in [2.24, 2.45) is 0 Å². The Kier molecular flexibility index (Phi) is 6.76. The van der Waals surface area contributed by atoms with Crippen LogP contribution in [0, 0.1) is 0 Å². The van der Waals surface area contributed by atoms with Gasteiger partial charge in [-0.3, -0.25) is 0 Å². The second kappa shape index (κ2) is 8.16. The van der Waals surface area contributed by atoms with Crippen molar-refractivity contribution in [2.75, 3.05) is 5.32 Å². The van der Waals surface area contributed by atoms with Crippen molar-refractivity contribution in [1.29, 1.82) is 0 Å². The highest BCUT2D eigenvalue weighted by Gasteiger charge is 2.17. The minimum atomic E-state index is 0.674. The zero-order valence-electron chi connectivity index (χ0n) is 11.6. The number of rotatable bonds is 4. The predicted molar refractivity (Wildman–Crippen MR) is 77.7 cm³/mol. The Labute approximate surface area is 107 Å². The van der Waals surface area contributed by atoms with E-state index in [1.54, 1.807) is 0 Å². The van der Waals surface area contributed by atoms with E-state index >= 15 is 0 Å². The monoisotopic (exact) mass is 233 g/mol. The van der Waals surface area contributed by atoms with Crippen molar-refractivity contribution in [3.05, 3.63) is 29.8 Å². The van der Waals surface area contributed by atoms with Gasteiger partial charge in [0.25, 0.3) is 0 Å². The fourth-order valence-electron chi connectivity index (χ4n) is 2.12. The minimum Gasteiger partial charge on any atom is -0.382 e. The molecule has 1 N–H and O–H groups in total. The molecule has 0 aliphatic carbocycles. The molecule has 2 rings (SSSR count). The van der Waals surface area contributed by atoms with Crippen LogP contribution in [0.2, 0.25) is 0 Å². The lowest BCUT2D eigenvalue weighted by Gasteiger charge is -2.05. The van der Waals surface area contributed by atoms with Gasteiger partial charge in [-0.25, -0.2) is 0 Å². The van der Waals surface area contributed by atoms with E-state index in [-0.39, 0.29) is 0 Å². The Balaban J connectivity index is 0.000000209. The molecule has 1 heteroatoms. The van der Waals surface area contributed by atoms with Crippen LogP contribution >= 0.6 is 0 Å². The third-order valence-electron chi connectivity index (χ3n) is 3.29. The van der Waals surface area contributed by atoms with Crippen molar-refractivity contribution in [2.45, 2.75) is 65.3 Å². The van der Waals surface area contributed by atoms with Crippen molar-refractivity contribution >= 4 is 5.69 Å². The first-order valence-corrected chi connectivity index (χ1v) is 7.16. The molecule has 1 heterocycles. The van der Waals surface area contributed by atoms with Crippen LogP contribution in [-0.2, 0) is 6.42 Å². The van der Waals surface area contributed by atoms with Crippen LogP contribution in [0.4, 0.5) is 5.69 Å². The second-order valence-electron chi connectivity index (χ2n) is 4.82. The molecule has 0 saturated heterocycles. The van der Waals surface area contributed by atoms with Gasteiger partial charge in [-0.15, -0.1) is 0 Å². The topological polar surface area (TPSA) is 12.0 Å². The Bertz CT molecular complexity index is 277. The van der Waals surface area contributed by atoms with Gasteiger partial charge in [0.2, 0.25) is 0 Å². The van der Waals surface area contributed by atoms with Crippen molar-refractivity contribution in [1.82, 2.24) is 0 Å². The van der Waals surface area contributed by atoms with Crippen LogP contribution in [0.25, 0.3) is 0 Å². The summed E-state index contributed by atoms with van der Waals surface area (Å²) in [6, 6.07) is 9.23. The van der Waals surface area contributed by atoms with Gasteiger partial charge in [0, 0.05) is 11.7 Å². The summed E-state index contributed by atoms with van der Waals surface area (Å²) in [6.45, 7) is 6.69. The summed E-state index contributed by atoms with van der Waals surface area (Å²) in [5.74, 6) is 0. The number of unbranched alkanes of at least 4 members (excludes halogenated alkanes) is 3. The number of para-hydroxylation sites is 1. The van der Waals surface area contributed by atoms with Crippen molar-refractivity contribution < 1.29 is 0 Å². The highest BCUT2D eigenvalue weighted by Crippen LogP contribution is 2.25. The lowest BCUT2D eigenvalue weighted by atomic mass is 10.1. The van der Waals surface area contributed by atoms with Crippen LogP contribution in [0.15, 0.2) is 24.3 Å². The molecule has 1 nitrogen and oxygen atoms in total. The van der Waals surface area contributed by atoms with Gasteiger partial charge in [-0.05, 0) is 24.5 Å². The van der Waals surface area contributed by atoms with Crippen LogP contribution in [-0.4, -0.2) is 6.04 Å². The molecule has 96 valence electrons. The summed E-state index contributed by atoms with van der Waals surface area (Å²) in [4.78, 5) is 0. The molecule has 1 aromatic carbocycles. The average Bonchev–Trinajstić information content (AvgIpc) is 2.80. The Morgan fingerprint density at radius 3 is 2.24 bits per heavy atom. The molecule has 0 radical (unpaired) electrons. The van der Waals surface area contributed by atoms with Gasteiger partial charge in [0.1, 0.15) is 0 Å². The molecule has 17 heavy (non-hydrogen) atoms. The predicted octanol–water partition coefficient (Wildman–Crippen LogP) is 5.02. The maximum Gasteiger partial charge on any atom is 0.0375 e. The first-order valence-electron chi connectivity index (χ1n) is 7.16. The number of hydrogen-bond donors (Lipinski definition) is 1. The maximum absolute atomic E-state index is 3.48. The highest BCUT2D eigenvalue weighted by atomic mass is 14.9. The van der Waals surface area contributed by atoms with Gasteiger partial charge in [0.15, 0.2) is 0 Å². The van der Waals surface area contributed by atoms with Gasteiger partial charge >= 0.3 is 0 Å². The van der Waals surface area contributed by atoms with E-state index in [1.807, 2.05) is 0 Å². The van der Waals surface area contributed by atoms with E-state index in [9.17, 15) is 0 Å². The fraction of sp³-hybridized carbons (Fsp3) is 0.625. The van der Waals surface area contributed by atoms with E-state index in [1.165, 1.54) is 49.8 Å². The van der Waals surface area contributed by atoms with E-state index in [0.717, 1.165) is 0 Å². The summed E-state index contributed by atoms with van der Waals surface area (Å²) in [5.41, 5.74) is 2.80. The molecular formula is C16H27N. The maximum atomic E-state index is 3.48. The molecule has 0 saturated carbocycles. The molecular weight excluding hydrogens is 206 g/mol. The van der Waals surface area contributed by atoms with Gasteiger partial charge < -0.3 is 5.32 Å². The molecule has 1 aliphatic rings. The van der Waals surface area contributed by atoms with Crippen LogP contribution in [0.1, 0.15) is 58.4 Å². The SMILES string of the molecule is CCC1Cc2ccccc2N1.CCCCCC. The number of fused-ring (bicyclic) bond motifs is 1. The lowest BCUT2D eigenvalue weighted by Crippen LogP contribution is -2.12. The van der Waals surface area contributed by atoms with Gasteiger partial charge in [0.05, 0.1) is 0 Å². The van der Waals surface area contributed by atoms with Gasteiger partial charge in [-0.1, -0.05) is 64.7 Å². The Morgan fingerprint density at radius 1 is 1.06 bits per heavy atom. The van der Waals surface area contributed by atoms with Crippen LogP contribution < -0.4 is 5.32 Å². The number of nitrogens with one attached hydrogen (secondary N) is 1. The zero-order chi connectivity index (χ0) is 12.5. The molecule has 1 unspecified atom stereocenters. The van der Waals surface area contributed by atoms with E-state index < -0.39 is 0 Å². The molecule has 0 bridgehead atoms. The first-order chi connectivity index (χ1) is 8.31. The summed E-state index contributed by atoms with van der Waals surface area (Å²) in [6.07, 6.45) is 7.95. The van der Waals surface area contributed by atoms with Crippen molar-refractivity contribution in [3.8, 4) is 0 Å². The normalized spacial score (nSPS) is 16.8. The van der Waals surface area contributed by atoms with Gasteiger partial charge in [-0.2, -0.15) is 0 Å². The quantitative estimate of drug-likeness (QED) is 0.720. The Morgan fingerprint density at radius 2 is 1.71 bits per heavy atom. The Hall–Kier alpha value is -0.980. The molecule has 0 amide bonds. The largest absolute Gasteiger partial charge is 0.382 e. The third-order valence-corrected chi connectivity index (χ3v) is 3.29. The smallest absolute Gasteiger partial charge is 0.0375 e. The highest BCUT2D eigenvalue weighted by molar-refractivity contribution is 5.56. The average molecular weight is 233 g/mol. The fourth-order valence-corrected chi connectivity index (χ4v) is 2.12. The number of anilines is 1. The second-order valence-corrected chi connectivity index (χ2v) is 4.82. The van der Waals surface area contributed by atoms with Crippen LogP contribution in [0.3, 0.4) is 0 Å². The molecule has 0 fully saturated rings. The number of hydrogen-bond acceptors (Lipinski definition) is 1. The third kappa shape index (κ3) is 4.80. The minimum absolute atomic E-state index is 0.674. The number of benzene rings is 1. The van der Waals surface area contributed by atoms with E-state index in [0.29, 0.717) is 6.04 Å². The summed E-state index contributed by atoms with van der Waals surface area (Å²) in [5, 5.41) is 3.48. The first kappa shape index (κ1) is 14.1. The zero-order valence-corrected chi connectivity index (χ0v) is 11.6. The van der Waals surface area contributed by atoms with E-state index in [4.69, 9.17) is 0 Å². The summed E-state index contributed by atoms with van der Waals surface area (Å²) in [7, 11) is 0. The summed E-state index contributed by atoms with van der Waals surface area (Å²) < 4.78 is 0. The van der Waals surface area contributed by atoms with Crippen LogP contribution in [0.5, 0.6) is 0 Å². The molecule has 1 aliphatic heterocycles. The molecule has 0 aromatic heterocycles. The van der Waals surface area contributed by atoms with Crippen molar-refractivity contribution in [3.63, 3.8) is 0 Å². The van der Waals surface area contributed by atoms with E-state index in [2.05, 4.69) is 50.4 Å². The molecule has 1 aromatic rings. The standard InChI is InChI=1S/C10H13N.C6H14/c1-2-9-7-8-5-3-4-6-10(8)11-9;1-3-5-6-4-2/h3-6,9,11H,2,7H2,1H3;3-6H2,1-2H3. The summed E-state index contributed by atoms with van der Waals surface area (Å²) >= 11 is 0. The molecule has 0 spiro atoms. The molecule has 1 atom stereocenters. The lowest BCUT2D eigenvalue weighted by molar-refractivity contribution is 0.702.